The molecule has 0 bridgehead atoms. The molecule has 0 radical (unpaired) electrons. The van der Waals surface area contributed by atoms with E-state index in [1.165, 1.54) is 43.8 Å². The summed E-state index contributed by atoms with van der Waals surface area (Å²) in [5, 5.41) is 1.06. The third-order valence-corrected chi connectivity index (χ3v) is 3.68. The quantitative estimate of drug-likeness (QED) is 0.548. The van der Waals surface area contributed by atoms with Crippen LogP contribution in [-0.2, 0) is 4.74 Å². The van der Waals surface area contributed by atoms with Gasteiger partial charge in [0.25, 0.3) is 0 Å². The normalized spacial score (nSPS) is 10.7. The van der Waals surface area contributed by atoms with E-state index in [2.05, 4.69) is 24.9 Å². The molecular weight excluding hydrogens is 292 g/mol. The van der Waals surface area contributed by atoms with Gasteiger partial charge in [0.2, 0.25) is 0 Å². The van der Waals surface area contributed by atoms with E-state index in [9.17, 15) is 4.79 Å². The molecule has 9 heteroatoms. The number of rotatable bonds is 3. The minimum Gasteiger partial charge on any atom is -0.465 e. The number of hydrogen-bond donors (Lipinski definition) is 2. The Morgan fingerprint density at radius 2 is 2.14 bits per heavy atom. The van der Waals surface area contributed by atoms with Gasteiger partial charge in [0.15, 0.2) is 5.65 Å². The van der Waals surface area contributed by atoms with Gasteiger partial charge >= 0.3 is 5.97 Å². The van der Waals surface area contributed by atoms with Crippen LogP contribution < -0.4 is 5.73 Å². The van der Waals surface area contributed by atoms with Crippen molar-refractivity contribution in [1.82, 2.24) is 24.9 Å². The van der Waals surface area contributed by atoms with E-state index in [-0.39, 0.29) is 5.56 Å². The van der Waals surface area contributed by atoms with Crippen molar-refractivity contribution >= 4 is 34.6 Å². The zero-order valence-corrected chi connectivity index (χ0v) is 11.7. The summed E-state index contributed by atoms with van der Waals surface area (Å²) in [4.78, 5) is 31.2. The van der Waals surface area contributed by atoms with Gasteiger partial charge in [0, 0.05) is 0 Å². The number of ether oxygens (including phenoxy) is 1. The Balaban J connectivity index is 2.05. The first-order valence-electron chi connectivity index (χ1n) is 5.85. The summed E-state index contributed by atoms with van der Waals surface area (Å²) in [5.74, 6) is -0.507. The van der Waals surface area contributed by atoms with Crippen molar-refractivity contribution in [2.45, 2.75) is 10.1 Å². The van der Waals surface area contributed by atoms with Crippen LogP contribution in [0.25, 0.3) is 11.2 Å². The van der Waals surface area contributed by atoms with Crippen molar-refractivity contribution in [3.05, 3.63) is 30.5 Å². The number of imidazole rings is 1. The largest absolute Gasteiger partial charge is 0.465 e. The summed E-state index contributed by atoms with van der Waals surface area (Å²) in [6, 6.07) is 1.52. The molecule has 3 N–H and O–H groups in total. The van der Waals surface area contributed by atoms with Crippen molar-refractivity contribution < 1.29 is 9.53 Å². The number of aromatic nitrogens is 5. The van der Waals surface area contributed by atoms with Crippen molar-refractivity contribution in [2.75, 3.05) is 12.8 Å². The second-order valence-electron chi connectivity index (χ2n) is 3.99. The molecule has 0 unspecified atom stereocenters. The van der Waals surface area contributed by atoms with Gasteiger partial charge in [-0.25, -0.2) is 24.7 Å². The van der Waals surface area contributed by atoms with Crippen LogP contribution in [0.15, 0.2) is 35.0 Å². The second kappa shape index (κ2) is 5.37. The minimum absolute atomic E-state index is 0.286. The summed E-state index contributed by atoms with van der Waals surface area (Å²) < 4.78 is 4.74. The summed E-state index contributed by atoms with van der Waals surface area (Å²) in [6.45, 7) is 0. The van der Waals surface area contributed by atoms with Crippen molar-refractivity contribution in [3.8, 4) is 0 Å². The van der Waals surface area contributed by atoms with E-state index < -0.39 is 5.97 Å². The Labute approximate surface area is 123 Å². The molecule has 106 valence electrons. The molecule has 0 saturated heterocycles. The number of aromatic amines is 1. The number of nitrogens with two attached hydrogens (primary N) is 1. The fraction of sp³-hybridized carbons (Fsp3) is 0.0833. The Morgan fingerprint density at radius 1 is 1.29 bits per heavy atom. The van der Waals surface area contributed by atoms with E-state index in [1.807, 2.05) is 0 Å². The number of hydrogen-bond acceptors (Lipinski definition) is 8. The molecule has 0 aromatic carbocycles. The van der Waals surface area contributed by atoms with E-state index in [1.54, 1.807) is 0 Å². The third kappa shape index (κ3) is 2.50. The van der Waals surface area contributed by atoms with Gasteiger partial charge < -0.3 is 15.5 Å². The van der Waals surface area contributed by atoms with Crippen LogP contribution >= 0.6 is 11.8 Å². The monoisotopic (exact) mass is 302 g/mol. The lowest BCUT2D eigenvalue weighted by molar-refractivity contribution is 0.0596. The summed E-state index contributed by atoms with van der Waals surface area (Å²) in [7, 11) is 1.30. The third-order valence-electron chi connectivity index (χ3n) is 2.66. The minimum atomic E-state index is -0.507. The number of nitrogens with zero attached hydrogens (tertiary/aromatic N) is 4. The van der Waals surface area contributed by atoms with E-state index in [4.69, 9.17) is 10.5 Å². The van der Waals surface area contributed by atoms with Gasteiger partial charge in [-0.1, -0.05) is 0 Å². The lowest BCUT2D eigenvalue weighted by Gasteiger charge is -2.07. The van der Waals surface area contributed by atoms with Crippen LogP contribution in [0.4, 0.5) is 5.69 Å². The maximum Gasteiger partial charge on any atom is 0.340 e. The summed E-state index contributed by atoms with van der Waals surface area (Å²) >= 11 is 1.21. The van der Waals surface area contributed by atoms with Gasteiger partial charge in [-0.15, -0.1) is 0 Å². The molecule has 0 aliphatic heterocycles. The highest BCUT2D eigenvalue weighted by Gasteiger charge is 2.17. The highest BCUT2D eigenvalue weighted by atomic mass is 32.2. The first kappa shape index (κ1) is 13.3. The van der Waals surface area contributed by atoms with Crippen LogP contribution in [0.5, 0.6) is 0 Å². The predicted octanol–water partition coefficient (Wildman–Crippen LogP) is 1.27. The molecule has 3 rings (SSSR count). The SMILES string of the molecule is COC(=O)c1cc(N)cnc1Sc1ncnc2nc[nH]c12. The van der Waals surface area contributed by atoms with E-state index in [0.29, 0.717) is 26.9 Å². The Bertz CT molecular complexity index is 818. The van der Waals surface area contributed by atoms with Crippen LogP contribution in [0.1, 0.15) is 10.4 Å². The van der Waals surface area contributed by atoms with Gasteiger partial charge in [0.05, 0.1) is 30.9 Å². The second-order valence-corrected chi connectivity index (χ2v) is 4.97. The molecule has 0 amide bonds. The number of esters is 1. The number of carbonyl (C=O) groups is 1. The molecule has 3 aromatic heterocycles. The molecular formula is C12H10N6O2S. The smallest absolute Gasteiger partial charge is 0.340 e. The Morgan fingerprint density at radius 3 is 2.95 bits per heavy atom. The number of carbonyl (C=O) groups excluding carboxylic acids is 1. The molecule has 0 fully saturated rings. The van der Waals surface area contributed by atoms with Crippen molar-refractivity contribution in [3.63, 3.8) is 0 Å². The van der Waals surface area contributed by atoms with Crippen LogP contribution in [0, 0.1) is 0 Å². The van der Waals surface area contributed by atoms with Crippen molar-refractivity contribution in [1.29, 1.82) is 0 Å². The molecule has 8 nitrogen and oxygen atoms in total. The number of nitrogen functional groups attached to an aromatic ring is 1. The zero-order chi connectivity index (χ0) is 14.8. The Hall–Kier alpha value is -2.68. The van der Waals surface area contributed by atoms with Crippen molar-refractivity contribution in [2.24, 2.45) is 0 Å². The number of fused-ring (bicyclic) bond motifs is 1. The van der Waals surface area contributed by atoms with Gasteiger partial charge in [0.1, 0.15) is 21.9 Å². The topological polar surface area (TPSA) is 120 Å². The average Bonchev–Trinajstić information content (AvgIpc) is 2.97. The first-order valence-corrected chi connectivity index (χ1v) is 6.66. The number of H-pyrrole nitrogens is 1. The average molecular weight is 302 g/mol. The number of methoxy groups -OCH3 is 1. The summed E-state index contributed by atoms with van der Waals surface area (Å²) in [6.07, 6.45) is 4.40. The van der Waals surface area contributed by atoms with Crippen LogP contribution in [-0.4, -0.2) is 38.0 Å². The zero-order valence-electron chi connectivity index (χ0n) is 10.9. The van der Waals surface area contributed by atoms with Gasteiger partial charge in [-0.05, 0) is 17.8 Å². The van der Waals surface area contributed by atoms with Gasteiger partial charge in [-0.2, -0.15) is 0 Å². The lowest BCUT2D eigenvalue weighted by Crippen LogP contribution is -2.06. The number of anilines is 1. The lowest BCUT2D eigenvalue weighted by atomic mass is 10.3. The molecule has 3 heterocycles. The molecule has 21 heavy (non-hydrogen) atoms. The summed E-state index contributed by atoms with van der Waals surface area (Å²) in [5.41, 5.74) is 7.56. The Kier molecular flexibility index (Phi) is 3.40. The van der Waals surface area contributed by atoms with Crippen LogP contribution in [0.2, 0.25) is 0 Å². The van der Waals surface area contributed by atoms with E-state index >= 15 is 0 Å². The van der Waals surface area contributed by atoms with Crippen LogP contribution in [0.3, 0.4) is 0 Å². The fourth-order valence-electron chi connectivity index (χ4n) is 1.72. The maximum atomic E-state index is 11.8. The maximum absolute atomic E-state index is 11.8. The molecule has 3 aromatic rings. The number of nitrogens with one attached hydrogen (secondary N) is 1. The standard InChI is InChI=1S/C12H10N6O2S/c1-20-12(19)7-2-6(13)3-14-10(7)21-11-8-9(16-4-15-8)17-5-18-11/h2-5H,13H2,1H3,(H,15,16,17,18). The van der Waals surface area contributed by atoms with Gasteiger partial charge in [-0.3, -0.25) is 0 Å². The molecule has 0 aliphatic rings. The highest BCUT2D eigenvalue weighted by molar-refractivity contribution is 7.99. The van der Waals surface area contributed by atoms with E-state index in [0.717, 1.165) is 0 Å². The molecule has 0 spiro atoms. The predicted molar refractivity (Wildman–Crippen MR) is 75.8 cm³/mol. The fourth-order valence-corrected chi connectivity index (χ4v) is 2.61. The molecule has 0 aliphatic carbocycles. The first-order chi connectivity index (χ1) is 10.2. The molecule has 0 atom stereocenters. The molecule has 0 saturated carbocycles. The number of pyridine rings is 1. The highest BCUT2D eigenvalue weighted by Crippen LogP contribution is 2.31.